The van der Waals surface area contributed by atoms with Crippen LogP contribution in [0.5, 0.6) is 0 Å². The average molecular weight is 354 g/mol. The zero-order valence-corrected chi connectivity index (χ0v) is 12.9. The predicted molar refractivity (Wildman–Crippen MR) is 76.5 cm³/mol. The Morgan fingerprint density at radius 2 is 1.80 bits per heavy atom. The van der Waals surface area contributed by atoms with Crippen LogP contribution in [-0.4, -0.2) is 35.8 Å². The molecule has 1 aromatic rings. The normalized spacial score (nSPS) is 13.8. The molecule has 0 aliphatic rings. The lowest BCUT2D eigenvalue weighted by molar-refractivity contribution is -0.146. The fourth-order valence-corrected chi connectivity index (χ4v) is 2.26. The summed E-state index contributed by atoms with van der Waals surface area (Å²) in [5.74, 6) is 0. The van der Waals surface area contributed by atoms with E-state index in [1.165, 1.54) is 4.90 Å². The highest BCUT2D eigenvalue weighted by Gasteiger charge is 2.30. The molecule has 114 valence electrons. The van der Waals surface area contributed by atoms with Gasteiger partial charge in [0.1, 0.15) is 0 Å². The van der Waals surface area contributed by atoms with Crippen LogP contribution >= 0.6 is 15.9 Å². The Hall–Kier alpha value is -0.590. The standard InChI is InChI=1S/C14H19BrF3NO/c1-2-8-19(10-14(16,17)18)9-7-13(20)11-3-5-12(15)6-4-11/h3-6,13,20H,2,7-10H2,1H3. The third-order valence-corrected chi connectivity index (χ3v) is 3.44. The Balaban J connectivity index is 2.51. The van der Waals surface area contributed by atoms with Crippen LogP contribution in [0.25, 0.3) is 0 Å². The average Bonchev–Trinajstić information content (AvgIpc) is 2.35. The van der Waals surface area contributed by atoms with E-state index in [-0.39, 0.29) is 13.0 Å². The number of aliphatic hydroxyl groups is 1. The van der Waals surface area contributed by atoms with Crippen molar-refractivity contribution in [3.8, 4) is 0 Å². The van der Waals surface area contributed by atoms with Crippen molar-refractivity contribution < 1.29 is 18.3 Å². The van der Waals surface area contributed by atoms with E-state index in [4.69, 9.17) is 0 Å². The second-order valence-corrected chi connectivity index (χ2v) is 5.66. The zero-order valence-electron chi connectivity index (χ0n) is 11.3. The summed E-state index contributed by atoms with van der Waals surface area (Å²) in [6, 6.07) is 7.14. The van der Waals surface area contributed by atoms with E-state index in [1.54, 1.807) is 24.3 Å². The van der Waals surface area contributed by atoms with E-state index < -0.39 is 18.8 Å². The number of rotatable bonds is 7. The van der Waals surface area contributed by atoms with Crippen molar-refractivity contribution in [2.24, 2.45) is 0 Å². The quantitative estimate of drug-likeness (QED) is 0.795. The van der Waals surface area contributed by atoms with E-state index >= 15 is 0 Å². The molecule has 1 N–H and O–H groups in total. The van der Waals surface area contributed by atoms with Gasteiger partial charge in [0.2, 0.25) is 0 Å². The molecule has 0 fully saturated rings. The molecule has 1 aromatic carbocycles. The van der Waals surface area contributed by atoms with Gasteiger partial charge in [0.05, 0.1) is 12.6 Å². The number of nitrogens with zero attached hydrogens (tertiary/aromatic N) is 1. The van der Waals surface area contributed by atoms with Crippen molar-refractivity contribution in [2.45, 2.75) is 32.0 Å². The molecule has 0 spiro atoms. The Kier molecular flexibility index (Phi) is 6.99. The summed E-state index contributed by atoms with van der Waals surface area (Å²) in [5.41, 5.74) is 0.719. The van der Waals surface area contributed by atoms with Crippen LogP contribution in [-0.2, 0) is 0 Å². The first-order valence-corrected chi connectivity index (χ1v) is 7.33. The molecule has 2 nitrogen and oxygen atoms in total. The summed E-state index contributed by atoms with van der Waals surface area (Å²) in [6.07, 6.45) is -3.99. The molecular weight excluding hydrogens is 335 g/mol. The van der Waals surface area contributed by atoms with Gasteiger partial charge in [-0.25, -0.2) is 0 Å². The SMILES string of the molecule is CCCN(CCC(O)c1ccc(Br)cc1)CC(F)(F)F. The number of aliphatic hydroxyl groups excluding tert-OH is 1. The monoisotopic (exact) mass is 353 g/mol. The van der Waals surface area contributed by atoms with Gasteiger partial charge < -0.3 is 5.11 Å². The van der Waals surface area contributed by atoms with Crippen LogP contribution in [0.15, 0.2) is 28.7 Å². The molecule has 1 unspecified atom stereocenters. The Bertz CT molecular complexity index is 394. The second kappa shape index (κ2) is 8.00. The molecule has 20 heavy (non-hydrogen) atoms. The lowest BCUT2D eigenvalue weighted by Gasteiger charge is -2.24. The Morgan fingerprint density at radius 1 is 1.20 bits per heavy atom. The summed E-state index contributed by atoms with van der Waals surface area (Å²) in [4.78, 5) is 1.34. The third-order valence-electron chi connectivity index (χ3n) is 2.92. The van der Waals surface area contributed by atoms with Gasteiger partial charge in [-0.05, 0) is 37.1 Å². The smallest absolute Gasteiger partial charge is 0.388 e. The van der Waals surface area contributed by atoms with Crippen molar-refractivity contribution in [1.29, 1.82) is 0 Å². The van der Waals surface area contributed by atoms with Crippen molar-refractivity contribution in [2.75, 3.05) is 19.6 Å². The van der Waals surface area contributed by atoms with Gasteiger partial charge in [-0.2, -0.15) is 13.2 Å². The molecule has 0 heterocycles. The van der Waals surface area contributed by atoms with Gasteiger partial charge in [0.25, 0.3) is 0 Å². The van der Waals surface area contributed by atoms with E-state index in [0.29, 0.717) is 13.0 Å². The van der Waals surface area contributed by atoms with Crippen LogP contribution in [0.4, 0.5) is 13.2 Å². The van der Waals surface area contributed by atoms with Gasteiger partial charge in [-0.15, -0.1) is 0 Å². The van der Waals surface area contributed by atoms with Gasteiger partial charge >= 0.3 is 6.18 Å². The summed E-state index contributed by atoms with van der Waals surface area (Å²) >= 11 is 3.30. The first-order chi connectivity index (χ1) is 9.31. The molecule has 0 amide bonds. The zero-order chi connectivity index (χ0) is 15.2. The highest BCUT2D eigenvalue weighted by molar-refractivity contribution is 9.10. The van der Waals surface area contributed by atoms with Crippen molar-refractivity contribution in [3.05, 3.63) is 34.3 Å². The molecule has 0 bridgehead atoms. The molecule has 1 rings (SSSR count). The fraction of sp³-hybridized carbons (Fsp3) is 0.571. The number of hydrogen-bond acceptors (Lipinski definition) is 2. The van der Waals surface area contributed by atoms with E-state index in [9.17, 15) is 18.3 Å². The molecule has 0 aliphatic carbocycles. The summed E-state index contributed by atoms with van der Waals surface area (Å²) in [7, 11) is 0. The third kappa shape index (κ3) is 6.72. The number of alkyl halides is 3. The van der Waals surface area contributed by atoms with Crippen LogP contribution in [0.1, 0.15) is 31.4 Å². The lowest BCUT2D eigenvalue weighted by Crippen LogP contribution is -2.36. The summed E-state index contributed by atoms with van der Waals surface area (Å²) in [6.45, 7) is 1.53. The van der Waals surface area contributed by atoms with Crippen LogP contribution < -0.4 is 0 Å². The van der Waals surface area contributed by atoms with Gasteiger partial charge in [0, 0.05) is 11.0 Å². The molecule has 0 saturated heterocycles. The molecule has 0 saturated carbocycles. The van der Waals surface area contributed by atoms with E-state index in [1.807, 2.05) is 6.92 Å². The minimum atomic E-state index is -4.20. The maximum absolute atomic E-state index is 12.4. The summed E-state index contributed by atoms with van der Waals surface area (Å²) in [5, 5.41) is 10.0. The summed E-state index contributed by atoms with van der Waals surface area (Å²) < 4.78 is 38.1. The molecule has 0 aromatic heterocycles. The topological polar surface area (TPSA) is 23.5 Å². The van der Waals surface area contributed by atoms with E-state index in [2.05, 4.69) is 15.9 Å². The molecule has 0 aliphatic heterocycles. The second-order valence-electron chi connectivity index (χ2n) is 4.75. The predicted octanol–water partition coefficient (Wildman–Crippen LogP) is 4.15. The van der Waals surface area contributed by atoms with Crippen molar-refractivity contribution in [1.82, 2.24) is 4.90 Å². The molecule has 1 atom stereocenters. The highest BCUT2D eigenvalue weighted by Crippen LogP contribution is 2.21. The Morgan fingerprint density at radius 3 is 2.30 bits per heavy atom. The fourth-order valence-electron chi connectivity index (χ4n) is 2.00. The minimum absolute atomic E-state index is 0.227. The number of hydrogen-bond donors (Lipinski definition) is 1. The van der Waals surface area contributed by atoms with Gasteiger partial charge in [-0.3, -0.25) is 4.90 Å². The van der Waals surface area contributed by atoms with Gasteiger partial charge in [-0.1, -0.05) is 35.0 Å². The van der Waals surface area contributed by atoms with Gasteiger partial charge in [0.15, 0.2) is 0 Å². The molecule has 6 heteroatoms. The number of benzene rings is 1. The van der Waals surface area contributed by atoms with Crippen LogP contribution in [0.3, 0.4) is 0 Å². The van der Waals surface area contributed by atoms with Crippen LogP contribution in [0.2, 0.25) is 0 Å². The lowest BCUT2D eigenvalue weighted by atomic mass is 10.1. The highest BCUT2D eigenvalue weighted by atomic mass is 79.9. The molecule has 0 radical (unpaired) electrons. The first-order valence-electron chi connectivity index (χ1n) is 6.54. The van der Waals surface area contributed by atoms with Crippen molar-refractivity contribution >= 4 is 15.9 Å². The maximum Gasteiger partial charge on any atom is 0.401 e. The minimum Gasteiger partial charge on any atom is -0.388 e. The van der Waals surface area contributed by atoms with E-state index in [0.717, 1.165) is 10.0 Å². The van der Waals surface area contributed by atoms with Crippen molar-refractivity contribution in [3.63, 3.8) is 0 Å². The first kappa shape index (κ1) is 17.5. The Labute approximate surface area is 125 Å². The van der Waals surface area contributed by atoms with Crippen LogP contribution in [0, 0.1) is 0 Å². The number of halogens is 4. The largest absolute Gasteiger partial charge is 0.401 e. The maximum atomic E-state index is 12.4. The molecular formula is C14H19BrF3NO.